The number of rotatable bonds is 4. The summed E-state index contributed by atoms with van der Waals surface area (Å²) in [6.45, 7) is 3.63. The van der Waals surface area contributed by atoms with Crippen LogP contribution in [0.4, 0.5) is 10.6 Å². The van der Waals surface area contributed by atoms with E-state index < -0.39 is 4.92 Å². The fourth-order valence-corrected chi connectivity index (χ4v) is 1.89. The Labute approximate surface area is 110 Å². The zero-order chi connectivity index (χ0) is 13.8. The predicted octanol–water partition coefficient (Wildman–Crippen LogP) is 1.54. The van der Waals surface area contributed by atoms with Gasteiger partial charge in [-0.15, -0.1) is 0 Å². The van der Waals surface area contributed by atoms with Crippen LogP contribution < -0.4 is 0 Å². The summed E-state index contributed by atoms with van der Waals surface area (Å²) in [5.41, 5.74) is 0.658. The van der Waals surface area contributed by atoms with Gasteiger partial charge in [-0.25, -0.2) is 4.79 Å². The number of fused-ring (bicyclic) bond motifs is 1. The molecular formula is C11H16N4O4. The van der Waals surface area contributed by atoms with E-state index in [-0.39, 0.29) is 11.9 Å². The molecule has 0 N–H and O–H groups in total. The van der Waals surface area contributed by atoms with Gasteiger partial charge in [0.2, 0.25) is 0 Å². The highest BCUT2D eigenvalue weighted by Gasteiger charge is 2.27. The van der Waals surface area contributed by atoms with E-state index in [9.17, 15) is 14.9 Å². The second kappa shape index (κ2) is 5.68. The number of hydrogen-bond acceptors (Lipinski definition) is 5. The van der Waals surface area contributed by atoms with Crippen LogP contribution in [0.5, 0.6) is 0 Å². The lowest BCUT2D eigenvalue weighted by molar-refractivity contribution is -0.389. The van der Waals surface area contributed by atoms with Gasteiger partial charge in [0.05, 0.1) is 36.6 Å². The van der Waals surface area contributed by atoms with Crippen LogP contribution >= 0.6 is 0 Å². The predicted molar refractivity (Wildman–Crippen MR) is 65.5 cm³/mol. The molecule has 19 heavy (non-hydrogen) atoms. The van der Waals surface area contributed by atoms with Crippen molar-refractivity contribution >= 4 is 11.9 Å². The van der Waals surface area contributed by atoms with E-state index in [1.165, 1.54) is 11.0 Å². The molecule has 8 nitrogen and oxygen atoms in total. The number of hydrogen-bond donors (Lipinski definition) is 0. The van der Waals surface area contributed by atoms with Crippen molar-refractivity contribution in [2.24, 2.45) is 0 Å². The number of nitrogens with zero attached hydrogens (tertiary/aromatic N) is 4. The van der Waals surface area contributed by atoms with Gasteiger partial charge in [0.25, 0.3) is 0 Å². The fourth-order valence-electron chi connectivity index (χ4n) is 1.89. The minimum absolute atomic E-state index is 0.184. The SMILES string of the molecule is CCCCOC(=O)N1CCn2nc([N+](=O)[O-])cc2C1. The molecular weight excluding hydrogens is 252 g/mol. The largest absolute Gasteiger partial charge is 0.449 e. The van der Waals surface area contributed by atoms with Crippen molar-refractivity contribution in [2.45, 2.75) is 32.9 Å². The highest BCUT2D eigenvalue weighted by molar-refractivity contribution is 5.67. The van der Waals surface area contributed by atoms with Crippen LogP contribution in [0.3, 0.4) is 0 Å². The Balaban J connectivity index is 1.97. The zero-order valence-corrected chi connectivity index (χ0v) is 10.7. The Hall–Kier alpha value is -2.12. The van der Waals surface area contributed by atoms with Crippen LogP contribution in [0, 0.1) is 10.1 Å². The molecule has 0 spiro atoms. The molecule has 0 fully saturated rings. The summed E-state index contributed by atoms with van der Waals surface area (Å²) in [5.74, 6) is -0.184. The van der Waals surface area contributed by atoms with Gasteiger partial charge in [-0.2, -0.15) is 4.68 Å². The highest BCUT2D eigenvalue weighted by Crippen LogP contribution is 2.18. The fraction of sp³-hybridized carbons (Fsp3) is 0.636. The van der Waals surface area contributed by atoms with Crippen molar-refractivity contribution < 1.29 is 14.5 Å². The highest BCUT2D eigenvalue weighted by atomic mass is 16.6. The molecule has 1 amide bonds. The van der Waals surface area contributed by atoms with Crippen LogP contribution in [0.15, 0.2) is 6.07 Å². The third kappa shape index (κ3) is 3.01. The second-order valence-electron chi connectivity index (χ2n) is 4.36. The van der Waals surface area contributed by atoms with Crippen LogP contribution in [0.1, 0.15) is 25.5 Å². The lowest BCUT2D eigenvalue weighted by atomic mass is 10.3. The molecule has 1 aromatic heterocycles. The third-order valence-electron chi connectivity index (χ3n) is 2.95. The number of ether oxygens (including phenoxy) is 1. The number of unbranched alkanes of at least 4 members (excludes halogenated alkanes) is 1. The summed E-state index contributed by atoms with van der Waals surface area (Å²) >= 11 is 0. The van der Waals surface area contributed by atoms with E-state index in [0.29, 0.717) is 31.9 Å². The van der Waals surface area contributed by atoms with E-state index in [1.54, 1.807) is 4.68 Å². The second-order valence-corrected chi connectivity index (χ2v) is 4.36. The standard InChI is InChI=1S/C11H16N4O4/c1-2-3-6-19-11(16)13-4-5-14-9(8-13)7-10(12-14)15(17)18/h7H,2-6,8H2,1H3. The van der Waals surface area contributed by atoms with Crippen LogP contribution in [-0.4, -0.2) is 38.8 Å². The van der Waals surface area contributed by atoms with Gasteiger partial charge in [-0.1, -0.05) is 13.3 Å². The van der Waals surface area contributed by atoms with Crippen molar-refractivity contribution in [3.05, 3.63) is 21.9 Å². The summed E-state index contributed by atoms with van der Waals surface area (Å²) in [6.07, 6.45) is 1.43. The minimum atomic E-state index is -0.533. The van der Waals surface area contributed by atoms with E-state index >= 15 is 0 Å². The first-order valence-electron chi connectivity index (χ1n) is 6.24. The molecule has 0 bridgehead atoms. The molecule has 2 heterocycles. The Morgan fingerprint density at radius 2 is 2.37 bits per heavy atom. The summed E-state index contributed by atoms with van der Waals surface area (Å²) in [6, 6.07) is 1.39. The number of aromatic nitrogens is 2. The molecule has 1 aromatic rings. The first-order valence-corrected chi connectivity index (χ1v) is 6.24. The monoisotopic (exact) mass is 268 g/mol. The molecule has 0 atom stereocenters. The van der Waals surface area contributed by atoms with Gasteiger partial charge in [-0.3, -0.25) is 0 Å². The Kier molecular flexibility index (Phi) is 3.98. The number of carbonyl (C=O) groups excluding carboxylic acids is 1. The first kappa shape index (κ1) is 13.3. The van der Waals surface area contributed by atoms with Crippen molar-refractivity contribution in [2.75, 3.05) is 13.2 Å². The van der Waals surface area contributed by atoms with Crippen LogP contribution in [0.25, 0.3) is 0 Å². The van der Waals surface area contributed by atoms with Crippen molar-refractivity contribution in [3.63, 3.8) is 0 Å². The Morgan fingerprint density at radius 3 is 3.05 bits per heavy atom. The lowest BCUT2D eigenvalue weighted by Gasteiger charge is -2.25. The maximum absolute atomic E-state index is 11.8. The molecule has 104 valence electrons. The number of amides is 1. The van der Waals surface area contributed by atoms with Crippen LogP contribution in [-0.2, 0) is 17.8 Å². The van der Waals surface area contributed by atoms with Crippen molar-refractivity contribution in [1.82, 2.24) is 14.7 Å². The van der Waals surface area contributed by atoms with E-state index in [2.05, 4.69) is 5.10 Å². The van der Waals surface area contributed by atoms with Gasteiger partial charge in [0.1, 0.15) is 0 Å². The zero-order valence-electron chi connectivity index (χ0n) is 10.7. The topological polar surface area (TPSA) is 90.5 Å². The number of nitro groups is 1. The summed E-state index contributed by atoms with van der Waals surface area (Å²) in [7, 11) is 0. The smallest absolute Gasteiger partial charge is 0.410 e. The van der Waals surface area contributed by atoms with Crippen molar-refractivity contribution in [1.29, 1.82) is 0 Å². The average Bonchev–Trinajstić information content (AvgIpc) is 2.81. The van der Waals surface area contributed by atoms with E-state index in [1.807, 2.05) is 6.92 Å². The summed E-state index contributed by atoms with van der Waals surface area (Å²) < 4.78 is 6.68. The summed E-state index contributed by atoms with van der Waals surface area (Å²) in [4.78, 5) is 23.4. The van der Waals surface area contributed by atoms with Gasteiger partial charge in [-0.05, 0) is 11.3 Å². The van der Waals surface area contributed by atoms with Gasteiger partial charge >= 0.3 is 11.9 Å². The first-order chi connectivity index (χ1) is 9.11. The molecule has 0 saturated carbocycles. The quantitative estimate of drug-likeness (QED) is 0.469. The van der Waals surface area contributed by atoms with E-state index in [0.717, 1.165) is 12.8 Å². The maximum atomic E-state index is 11.8. The molecule has 0 unspecified atom stereocenters. The molecule has 2 rings (SSSR count). The van der Waals surface area contributed by atoms with Gasteiger partial charge in [0.15, 0.2) is 0 Å². The maximum Gasteiger partial charge on any atom is 0.410 e. The molecule has 1 aliphatic heterocycles. The Morgan fingerprint density at radius 1 is 1.58 bits per heavy atom. The minimum Gasteiger partial charge on any atom is -0.449 e. The van der Waals surface area contributed by atoms with Gasteiger partial charge < -0.3 is 19.8 Å². The molecule has 8 heteroatoms. The van der Waals surface area contributed by atoms with Crippen molar-refractivity contribution in [3.8, 4) is 0 Å². The van der Waals surface area contributed by atoms with E-state index in [4.69, 9.17) is 4.74 Å². The molecule has 0 radical (unpaired) electrons. The normalized spacial score (nSPS) is 14.1. The molecule has 0 aliphatic carbocycles. The van der Waals surface area contributed by atoms with Gasteiger partial charge in [0, 0.05) is 6.54 Å². The Bertz CT molecular complexity index is 485. The molecule has 0 aromatic carbocycles. The molecule has 1 aliphatic rings. The third-order valence-corrected chi connectivity index (χ3v) is 2.95. The summed E-state index contributed by atoms with van der Waals surface area (Å²) in [5, 5.41) is 14.5. The van der Waals surface area contributed by atoms with Crippen LogP contribution in [0.2, 0.25) is 0 Å². The lowest BCUT2D eigenvalue weighted by Crippen LogP contribution is -2.38. The average molecular weight is 268 g/mol. The number of carbonyl (C=O) groups is 1. The molecule has 0 saturated heterocycles.